The number of hydrogen-bond acceptors (Lipinski definition) is 3. The molecule has 1 saturated heterocycles. The van der Waals surface area contributed by atoms with Crippen LogP contribution in [0.1, 0.15) is 40.7 Å². The van der Waals surface area contributed by atoms with Gasteiger partial charge in [-0.25, -0.2) is 14.6 Å². The van der Waals surface area contributed by atoms with Crippen molar-refractivity contribution in [2.75, 3.05) is 18.4 Å². The van der Waals surface area contributed by atoms with E-state index in [1.807, 2.05) is 11.9 Å². The number of piperidine rings is 1. The number of nitrogens with zero attached hydrogens (tertiary/aromatic N) is 1. The molecule has 21 heavy (non-hydrogen) atoms. The highest BCUT2D eigenvalue weighted by atomic mass is 16.4. The molecule has 6 nitrogen and oxygen atoms in total. The summed E-state index contributed by atoms with van der Waals surface area (Å²) in [7, 11) is 0. The molecule has 1 aliphatic rings. The lowest BCUT2D eigenvalue weighted by atomic mass is 10.0. The van der Waals surface area contributed by atoms with Crippen LogP contribution in [-0.2, 0) is 0 Å². The second-order valence-electron chi connectivity index (χ2n) is 5.38. The van der Waals surface area contributed by atoms with E-state index in [9.17, 15) is 14.7 Å². The number of aryl methyl sites for hydroxylation is 1. The second kappa shape index (κ2) is 6.58. The molecule has 0 spiro atoms. The van der Waals surface area contributed by atoms with Gasteiger partial charge in [-0.3, -0.25) is 5.43 Å². The molecule has 0 unspecified atom stereocenters. The summed E-state index contributed by atoms with van der Waals surface area (Å²) in [6.45, 7) is 5.29. The Morgan fingerprint density at radius 2 is 1.81 bits per heavy atom. The molecular weight excluding hydrogens is 270 g/mol. The SMILES string of the molecule is Cc1cc(NC(=O)NN2CCCCC2)cc(C(=O)O)c1C. The number of anilines is 1. The van der Waals surface area contributed by atoms with Gasteiger partial charge in [0, 0.05) is 18.8 Å². The van der Waals surface area contributed by atoms with Crippen LogP contribution in [0.4, 0.5) is 10.5 Å². The molecule has 0 bridgehead atoms. The van der Waals surface area contributed by atoms with Crippen molar-refractivity contribution in [3.05, 3.63) is 28.8 Å². The average Bonchev–Trinajstić information content (AvgIpc) is 2.43. The van der Waals surface area contributed by atoms with Gasteiger partial charge in [-0.1, -0.05) is 6.42 Å². The molecule has 0 aliphatic carbocycles. The molecule has 1 fully saturated rings. The average molecular weight is 291 g/mol. The number of hydrazine groups is 1. The lowest BCUT2D eigenvalue weighted by Gasteiger charge is -2.26. The number of carbonyl (C=O) groups excluding carboxylic acids is 1. The Kier molecular flexibility index (Phi) is 4.80. The molecule has 0 saturated carbocycles. The molecule has 114 valence electrons. The van der Waals surface area contributed by atoms with Crippen molar-refractivity contribution in [2.45, 2.75) is 33.1 Å². The predicted molar refractivity (Wildman–Crippen MR) is 80.5 cm³/mol. The predicted octanol–water partition coefficient (Wildman–Crippen LogP) is 2.52. The summed E-state index contributed by atoms with van der Waals surface area (Å²) < 4.78 is 0. The quantitative estimate of drug-likeness (QED) is 0.799. The summed E-state index contributed by atoms with van der Waals surface area (Å²) in [4.78, 5) is 23.1. The Balaban J connectivity index is 2.05. The number of nitrogens with one attached hydrogen (secondary N) is 2. The van der Waals surface area contributed by atoms with Gasteiger partial charge >= 0.3 is 12.0 Å². The standard InChI is InChI=1S/C15H21N3O3/c1-10-8-12(9-13(11(10)2)14(19)20)16-15(21)17-18-6-4-3-5-7-18/h8-9H,3-7H2,1-2H3,(H,19,20)(H2,16,17,21). The fraction of sp³-hybridized carbons (Fsp3) is 0.467. The fourth-order valence-corrected chi connectivity index (χ4v) is 2.46. The Bertz CT molecular complexity index is 551. The van der Waals surface area contributed by atoms with Gasteiger partial charge in [0.25, 0.3) is 0 Å². The minimum absolute atomic E-state index is 0.211. The van der Waals surface area contributed by atoms with Crippen LogP contribution in [-0.4, -0.2) is 35.2 Å². The molecule has 2 rings (SSSR count). The Morgan fingerprint density at radius 1 is 1.14 bits per heavy atom. The van der Waals surface area contributed by atoms with Crippen LogP contribution in [0.5, 0.6) is 0 Å². The number of amides is 2. The summed E-state index contributed by atoms with van der Waals surface area (Å²) in [5.41, 5.74) is 5.04. The molecule has 0 atom stereocenters. The van der Waals surface area contributed by atoms with Crippen LogP contribution in [0.15, 0.2) is 12.1 Å². The van der Waals surface area contributed by atoms with E-state index in [2.05, 4.69) is 10.7 Å². The number of carboxylic acid groups (broad SMARTS) is 1. The van der Waals surface area contributed by atoms with Crippen LogP contribution >= 0.6 is 0 Å². The monoisotopic (exact) mass is 291 g/mol. The van der Waals surface area contributed by atoms with Gasteiger partial charge in [0.2, 0.25) is 0 Å². The maximum absolute atomic E-state index is 11.9. The van der Waals surface area contributed by atoms with Crippen LogP contribution < -0.4 is 10.7 Å². The number of urea groups is 1. The molecule has 1 aromatic rings. The molecular formula is C15H21N3O3. The van der Waals surface area contributed by atoms with Gasteiger partial charge in [0.05, 0.1) is 5.56 Å². The van der Waals surface area contributed by atoms with Crippen LogP contribution in [0.2, 0.25) is 0 Å². The van der Waals surface area contributed by atoms with Gasteiger partial charge in [-0.2, -0.15) is 0 Å². The van der Waals surface area contributed by atoms with Gasteiger partial charge in [-0.15, -0.1) is 0 Å². The maximum atomic E-state index is 11.9. The Hall–Kier alpha value is -2.08. The summed E-state index contributed by atoms with van der Waals surface area (Å²) >= 11 is 0. The number of aromatic carboxylic acids is 1. The van der Waals surface area contributed by atoms with Crippen molar-refractivity contribution in [2.24, 2.45) is 0 Å². The third kappa shape index (κ3) is 3.95. The molecule has 1 heterocycles. The highest BCUT2D eigenvalue weighted by Crippen LogP contribution is 2.20. The summed E-state index contributed by atoms with van der Waals surface area (Å²) in [5, 5.41) is 13.8. The summed E-state index contributed by atoms with van der Waals surface area (Å²) in [6, 6.07) is 2.93. The van der Waals surface area contributed by atoms with Crippen LogP contribution in [0.3, 0.4) is 0 Å². The number of carbonyl (C=O) groups is 2. The number of benzene rings is 1. The second-order valence-corrected chi connectivity index (χ2v) is 5.38. The van der Waals surface area contributed by atoms with Gasteiger partial charge in [0.15, 0.2) is 0 Å². The van der Waals surface area contributed by atoms with Crippen molar-refractivity contribution in [1.29, 1.82) is 0 Å². The zero-order valence-electron chi connectivity index (χ0n) is 12.4. The smallest absolute Gasteiger partial charge is 0.336 e. The number of carboxylic acids is 1. The lowest BCUT2D eigenvalue weighted by Crippen LogP contribution is -2.46. The lowest BCUT2D eigenvalue weighted by molar-refractivity contribution is 0.0696. The summed E-state index contributed by atoms with van der Waals surface area (Å²) in [6.07, 6.45) is 3.35. The normalized spacial score (nSPS) is 15.5. The van der Waals surface area contributed by atoms with E-state index in [4.69, 9.17) is 0 Å². The largest absolute Gasteiger partial charge is 0.478 e. The third-order valence-corrected chi connectivity index (χ3v) is 3.77. The molecule has 2 amide bonds. The minimum Gasteiger partial charge on any atom is -0.478 e. The van der Waals surface area contributed by atoms with E-state index in [0.29, 0.717) is 11.3 Å². The first-order chi connectivity index (χ1) is 9.97. The molecule has 1 aliphatic heterocycles. The third-order valence-electron chi connectivity index (χ3n) is 3.77. The minimum atomic E-state index is -0.990. The first kappa shape index (κ1) is 15.3. The Labute approximate surface area is 124 Å². The molecule has 3 N–H and O–H groups in total. The van der Waals surface area contributed by atoms with Crippen LogP contribution in [0, 0.1) is 13.8 Å². The topological polar surface area (TPSA) is 81.7 Å². The first-order valence-corrected chi connectivity index (χ1v) is 7.14. The van der Waals surface area contributed by atoms with E-state index in [1.54, 1.807) is 13.0 Å². The van der Waals surface area contributed by atoms with Crippen molar-refractivity contribution in [3.8, 4) is 0 Å². The molecule has 6 heteroatoms. The van der Waals surface area contributed by atoms with E-state index in [-0.39, 0.29) is 11.6 Å². The van der Waals surface area contributed by atoms with Gasteiger partial charge < -0.3 is 10.4 Å². The number of hydrogen-bond donors (Lipinski definition) is 3. The maximum Gasteiger partial charge on any atom is 0.336 e. The van der Waals surface area contributed by atoms with Crippen molar-refractivity contribution >= 4 is 17.7 Å². The number of rotatable bonds is 3. The fourth-order valence-electron chi connectivity index (χ4n) is 2.46. The molecule has 0 radical (unpaired) electrons. The highest BCUT2D eigenvalue weighted by molar-refractivity contribution is 5.94. The first-order valence-electron chi connectivity index (χ1n) is 7.14. The van der Waals surface area contributed by atoms with Crippen molar-refractivity contribution in [3.63, 3.8) is 0 Å². The zero-order chi connectivity index (χ0) is 15.4. The van der Waals surface area contributed by atoms with Crippen molar-refractivity contribution < 1.29 is 14.7 Å². The van der Waals surface area contributed by atoms with Crippen molar-refractivity contribution in [1.82, 2.24) is 10.4 Å². The van der Waals surface area contributed by atoms with E-state index in [1.165, 1.54) is 12.5 Å². The van der Waals surface area contributed by atoms with Gasteiger partial charge in [0.1, 0.15) is 0 Å². The molecule has 0 aromatic heterocycles. The highest BCUT2D eigenvalue weighted by Gasteiger charge is 2.15. The summed E-state index contributed by atoms with van der Waals surface area (Å²) in [5.74, 6) is -0.990. The van der Waals surface area contributed by atoms with E-state index in [0.717, 1.165) is 31.5 Å². The van der Waals surface area contributed by atoms with E-state index < -0.39 is 5.97 Å². The van der Waals surface area contributed by atoms with Gasteiger partial charge in [-0.05, 0) is 49.9 Å². The molecule has 1 aromatic carbocycles. The van der Waals surface area contributed by atoms with E-state index >= 15 is 0 Å². The van der Waals surface area contributed by atoms with Crippen LogP contribution in [0.25, 0.3) is 0 Å². The Morgan fingerprint density at radius 3 is 2.43 bits per heavy atom. The zero-order valence-corrected chi connectivity index (χ0v) is 12.4.